The molecule has 0 atom stereocenters. The van der Waals surface area contributed by atoms with Crippen LogP contribution < -0.4 is 5.32 Å². The summed E-state index contributed by atoms with van der Waals surface area (Å²) in [5.74, 6) is 0.763. The zero-order chi connectivity index (χ0) is 7.11. The van der Waals surface area contributed by atoms with Crippen molar-refractivity contribution in [2.45, 2.75) is 20.3 Å². The molecule has 0 spiro atoms. The van der Waals surface area contributed by atoms with Gasteiger partial charge in [0.2, 0.25) is 0 Å². The molecule has 0 fully saturated rings. The molecule has 0 unspecified atom stereocenters. The second-order valence-corrected chi connectivity index (χ2v) is 2.51. The standard InChI is InChI=1S/C7H16N2/c1-7(2)4-5-9-6-8-3/h6-7H,4-5H2,1-3H3,(H,8,9). The van der Waals surface area contributed by atoms with E-state index in [4.69, 9.17) is 0 Å². The predicted molar refractivity (Wildman–Crippen MR) is 41.9 cm³/mol. The lowest BCUT2D eigenvalue weighted by Gasteiger charge is -1.98. The van der Waals surface area contributed by atoms with Crippen LogP contribution in [0.4, 0.5) is 0 Å². The van der Waals surface area contributed by atoms with Crippen molar-refractivity contribution in [3.05, 3.63) is 0 Å². The van der Waals surface area contributed by atoms with Crippen LogP contribution in [-0.4, -0.2) is 19.9 Å². The van der Waals surface area contributed by atoms with Gasteiger partial charge in [0.15, 0.2) is 0 Å². The molecule has 0 aromatic heterocycles. The third-order valence-electron chi connectivity index (χ3n) is 1.06. The molecule has 54 valence electrons. The number of rotatable bonds is 4. The van der Waals surface area contributed by atoms with Crippen LogP contribution in [0.15, 0.2) is 4.99 Å². The van der Waals surface area contributed by atoms with Gasteiger partial charge in [0.05, 0.1) is 6.34 Å². The largest absolute Gasteiger partial charge is 0.380 e. The van der Waals surface area contributed by atoms with Crippen LogP contribution in [0.5, 0.6) is 0 Å². The van der Waals surface area contributed by atoms with E-state index in [1.165, 1.54) is 6.42 Å². The molecule has 0 aromatic carbocycles. The van der Waals surface area contributed by atoms with Gasteiger partial charge < -0.3 is 5.32 Å². The summed E-state index contributed by atoms with van der Waals surface area (Å²) in [6.07, 6.45) is 2.92. The molecule has 0 rings (SSSR count). The number of aliphatic imine (C=N–C) groups is 1. The van der Waals surface area contributed by atoms with Crippen molar-refractivity contribution in [2.24, 2.45) is 10.9 Å². The highest BCUT2D eigenvalue weighted by molar-refractivity contribution is 5.53. The molecule has 0 amide bonds. The smallest absolute Gasteiger partial charge is 0.0821 e. The molecule has 0 saturated heterocycles. The van der Waals surface area contributed by atoms with Gasteiger partial charge in [0.1, 0.15) is 0 Å². The average Bonchev–Trinajstić information content (AvgIpc) is 1.80. The molecule has 0 aliphatic carbocycles. The van der Waals surface area contributed by atoms with E-state index < -0.39 is 0 Å². The Morgan fingerprint density at radius 2 is 2.22 bits per heavy atom. The lowest BCUT2D eigenvalue weighted by molar-refractivity contribution is 0.597. The molecule has 0 bridgehead atoms. The molecule has 0 heterocycles. The maximum absolute atomic E-state index is 4.09. The second kappa shape index (κ2) is 5.60. The first-order valence-electron chi connectivity index (χ1n) is 3.43. The SMILES string of the molecule is CN/C=N\CCC(C)C. The Morgan fingerprint density at radius 3 is 2.67 bits per heavy atom. The lowest BCUT2D eigenvalue weighted by Crippen LogP contribution is -2.02. The van der Waals surface area contributed by atoms with Crippen molar-refractivity contribution < 1.29 is 0 Å². The van der Waals surface area contributed by atoms with E-state index in [-0.39, 0.29) is 0 Å². The molecule has 0 aromatic rings. The molecule has 0 radical (unpaired) electrons. The Kier molecular flexibility index (Phi) is 5.27. The van der Waals surface area contributed by atoms with E-state index in [1.807, 2.05) is 7.05 Å². The van der Waals surface area contributed by atoms with Crippen molar-refractivity contribution in [3.63, 3.8) is 0 Å². The van der Waals surface area contributed by atoms with Gasteiger partial charge in [-0.2, -0.15) is 0 Å². The zero-order valence-electron chi connectivity index (χ0n) is 6.52. The minimum atomic E-state index is 0.763. The summed E-state index contributed by atoms with van der Waals surface area (Å²) in [5.41, 5.74) is 0. The van der Waals surface area contributed by atoms with Crippen LogP contribution in [0.25, 0.3) is 0 Å². The van der Waals surface area contributed by atoms with E-state index in [9.17, 15) is 0 Å². The van der Waals surface area contributed by atoms with Crippen molar-refractivity contribution in [1.29, 1.82) is 0 Å². The van der Waals surface area contributed by atoms with Gasteiger partial charge in [-0.15, -0.1) is 0 Å². The highest BCUT2D eigenvalue weighted by Crippen LogP contribution is 1.97. The predicted octanol–water partition coefficient (Wildman–Crippen LogP) is 1.28. The Labute approximate surface area is 57.4 Å². The van der Waals surface area contributed by atoms with Gasteiger partial charge in [-0.05, 0) is 12.3 Å². The normalized spacial score (nSPS) is 11.1. The van der Waals surface area contributed by atoms with E-state index in [2.05, 4.69) is 24.2 Å². The average molecular weight is 128 g/mol. The van der Waals surface area contributed by atoms with Crippen LogP contribution in [0.2, 0.25) is 0 Å². The summed E-state index contributed by atoms with van der Waals surface area (Å²) in [6, 6.07) is 0. The first-order chi connectivity index (χ1) is 4.27. The monoisotopic (exact) mass is 128 g/mol. The Bertz CT molecular complexity index is 77.0. The summed E-state index contributed by atoms with van der Waals surface area (Å²) >= 11 is 0. The maximum Gasteiger partial charge on any atom is 0.0821 e. The third kappa shape index (κ3) is 7.47. The van der Waals surface area contributed by atoms with Crippen molar-refractivity contribution in [1.82, 2.24) is 5.32 Å². The van der Waals surface area contributed by atoms with Crippen molar-refractivity contribution in [2.75, 3.05) is 13.6 Å². The van der Waals surface area contributed by atoms with Crippen LogP contribution in [0, 0.1) is 5.92 Å². The quantitative estimate of drug-likeness (QED) is 0.447. The topological polar surface area (TPSA) is 24.4 Å². The van der Waals surface area contributed by atoms with Crippen molar-refractivity contribution in [3.8, 4) is 0 Å². The van der Waals surface area contributed by atoms with Gasteiger partial charge in [0, 0.05) is 13.6 Å². The van der Waals surface area contributed by atoms with Crippen molar-refractivity contribution >= 4 is 6.34 Å². The molecular weight excluding hydrogens is 112 g/mol. The lowest BCUT2D eigenvalue weighted by atomic mass is 10.1. The summed E-state index contributed by atoms with van der Waals surface area (Å²) in [4.78, 5) is 4.09. The first kappa shape index (κ1) is 8.47. The Morgan fingerprint density at radius 1 is 1.56 bits per heavy atom. The van der Waals surface area contributed by atoms with E-state index in [0.717, 1.165) is 12.5 Å². The van der Waals surface area contributed by atoms with E-state index in [1.54, 1.807) is 6.34 Å². The molecule has 0 aliphatic rings. The third-order valence-corrected chi connectivity index (χ3v) is 1.06. The number of nitrogens with one attached hydrogen (secondary N) is 1. The van der Waals surface area contributed by atoms with E-state index in [0.29, 0.717) is 0 Å². The minimum Gasteiger partial charge on any atom is -0.380 e. The highest BCUT2D eigenvalue weighted by atomic mass is 14.9. The van der Waals surface area contributed by atoms with E-state index >= 15 is 0 Å². The first-order valence-corrected chi connectivity index (χ1v) is 3.43. The maximum atomic E-state index is 4.09. The van der Waals surface area contributed by atoms with Gasteiger partial charge in [-0.3, -0.25) is 4.99 Å². The van der Waals surface area contributed by atoms with Crippen LogP contribution in [0.1, 0.15) is 20.3 Å². The van der Waals surface area contributed by atoms with Gasteiger partial charge in [-0.1, -0.05) is 13.8 Å². The summed E-state index contributed by atoms with van der Waals surface area (Å²) in [7, 11) is 1.86. The summed E-state index contributed by atoms with van der Waals surface area (Å²) in [6.45, 7) is 5.35. The zero-order valence-corrected chi connectivity index (χ0v) is 6.52. The molecule has 0 aliphatic heterocycles. The molecule has 2 nitrogen and oxygen atoms in total. The van der Waals surface area contributed by atoms with Crippen LogP contribution >= 0.6 is 0 Å². The van der Waals surface area contributed by atoms with Gasteiger partial charge in [0.25, 0.3) is 0 Å². The fourth-order valence-corrected chi connectivity index (χ4v) is 0.489. The van der Waals surface area contributed by atoms with Crippen LogP contribution in [0.3, 0.4) is 0 Å². The molecule has 2 heteroatoms. The highest BCUT2D eigenvalue weighted by Gasteiger charge is 1.88. The van der Waals surface area contributed by atoms with Gasteiger partial charge in [-0.25, -0.2) is 0 Å². The second-order valence-electron chi connectivity index (χ2n) is 2.51. The molecule has 9 heavy (non-hydrogen) atoms. The summed E-state index contributed by atoms with van der Waals surface area (Å²) < 4.78 is 0. The number of nitrogens with zero attached hydrogens (tertiary/aromatic N) is 1. The Balaban J connectivity index is 2.99. The number of hydrogen-bond donors (Lipinski definition) is 1. The minimum absolute atomic E-state index is 0.763. The van der Waals surface area contributed by atoms with Crippen LogP contribution in [-0.2, 0) is 0 Å². The molecular formula is C7H16N2. The Hall–Kier alpha value is -0.530. The fraction of sp³-hybridized carbons (Fsp3) is 0.857. The number of hydrogen-bond acceptors (Lipinski definition) is 1. The molecule has 0 saturated carbocycles. The summed E-state index contributed by atoms with van der Waals surface area (Å²) in [5, 5.41) is 2.85. The fourth-order valence-electron chi connectivity index (χ4n) is 0.489. The van der Waals surface area contributed by atoms with Gasteiger partial charge >= 0.3 is 0 Å². The molecule has 1 N–H and O–H groups in total.